The first kappa shape index (κ1) is 28.4. The van der Waals surface area contributed by atoms with E-state index in [1.807, 2.05) is 0 Å². The maximum absolute atomic E-state index is 2.49. The number of hydrogen-bond acceptors (Lipinski definition) is 1. The van der Waals surface area contributed by atoms with Gasteiger partial charge in [0, 0.05) is 22.4 Å². The maximum Gasteiger partial charge on any atom is 0.0543 e. The first-order valence-corrected chi connectivity index (χ1v) is 17.5. The lowest BCUT2D eigenvalue weighted by Gasteiger charge is -2.50. The monoisotopic (exact) mass is 607 g/mol. The lowest BCUT2D eigenvalue weighted by Crippen LogP contribution is -2.44. The van der Waals surface area contributed by atoms with Crippen molar-refractivity contribution in [2.24, 2.45) is 17.8 Å². The highest BCUT2D eigenvalue weighted by Gasteiger charge is 2.53. The smallest absolute Gasteiger partial charge is 0.0543 e. The van der Waals surface area contributed by atoms with Crippen LogP contribution in [0.3, 0.4) is 0 Å². The Bertz CT molecular complexity index is 2020. The van der Waals surface area contributed by atoms with E-state index in [-0.39, 0.29) is 5.41 Å². The van der Waals surface area contributed by atoms with Gasteiger partial charge in [-0.25, -0.2) is 0 Å². The fourth-order valence-corrected chi connectivity index (χ4v) is 9.64. The van der Waals surface area contributed by atoms with E-state index in [4.69, 9.17) is 0 Å². The van der Waals surface area contributed by atoms with Crippen LogP contribution in [0.1, 0.15) is 50.2 Å². The first-order valence-electron chi connectivity index (χ1n) is 17.5. The molecule has 0 amide bonds. The van der Waals surface area contributed by atoms with Crippen LogP contribution in [0.15, 0.2) is 152 Å². The first-order chi connectivity index (χ1) is 23.2. The minimum atomic E-state index is 0.116. The van der Waals surface area contributed by atoms with E-state index >= 15 is 0 Å². The molecule has 1 nitrogen and oxygen atoms in total. The summed E-state index contributed by atoms with van der Waals surface area (Å²) in [6.45, 7) is 2.49. The van der Waals surface area contributed by atoms with E-state index in [0.29, 0.717) is 5.92 Å². The Labute approximate surface area is 279 Å². The molecule has 1 heteroatoms. The largest absolute Gasteiger partial charge is 0.310 e. The summed E-state index contributed by atoms with van der Waals surface area (Å²) in [5.74, 6) is 2.41. The number of para-hydroxylation sites is 1. The molecule has 2 fully saturated rings. The minimum absolute atomic E-state index is 0.116. The van der Waals surface area contributed by atoms with Crippen molar-refractivity contribution in [3.63, 3.8) is 0 Å². The minimum Gasteiger partial charge on any atom is -0.310 e. The Morgan fingerprint density at radius 1 is 0.511 bits per heavy atom. The van der Waals surface area contributed by atoms with Gasteiger partial charge in [0.05, 0.1) is 5.69 Å². The third-order valence-electron chi connectivity index (χ3n) is 11.6. The molecule has 2 bridgehead atoms. The second-order valence-corrected chi connectivity index (χ2v) is 14.3. The summed E-state index contributed by atoms with van der Waals surface area (Å²) >= 11 is 0. The zero-order valence-corrected chi connectivity index (χ0v) is 27.1. The van der Waals surface area contributed by atoms with E-state index in [1.54, 1.807) is 11.1 Å². The fourth-order valence-electron chi connectivity index (χ4n) is 9.64. The van der Waals surface area contributed by atoms with Crippen LogP contribution in [0.5, 0.6) is 0 Å². The second kappa shape index (κ2) is 11.4. The molecule has 47 heavy (non-hydrogen) atoms. The normalized spacial score (nSPS) is 22.4. The van der Waals surface area contributed by atoms with E-state index in [0.717, 1.165) is 11.8 Å². The molecule has 9 rings (SSSR count). The van der Waals surface area contributed by atoms with Crippen molar-refractivity contribution in [2.45, 2.75) is 44.4 Å². The van der Waals surface area contributed by atoms with Gasteiger partial charge in [0.1, 0.15) is 0 Å². The average Bonchev–Trinajstić information content (AvgIpc) is 3.42. The van der Waals surface area contributed by atoms with Crippen molar-refractivity contribution < 1.29 is 0 Å². The van der Waals surface area contributed by atoms with Crippen LogP contribution in [0.4, 0.5) is 17.1 Å². The Balaban J connectivity index is 1.15. The summed E-state index contributed by atoms with van der Waals surface area (Å²) in [4.78, 5) is 2.49. The summed E-state index contributed by atoms with van der Waals surface area (Å²) in [6, 6.07) is 56.2. The van der Waals surface area contributed by atoms with Crippen molar-refractivity contribution in [2.75, 3.05) is 4.90 Å². The van der Waals surface area contributed by atoms with Gasteiger partial charge in [-0.05, 0) is 119 Å². The molecule has 0 heterocycles. The molecule has 0 aromatic heterocycles. The number of rotatable bonds is 5. The second-order valence-electron chi connectivity index (χ2n) is 14.3. The Morgan fingerprint density at radius 2 is 1.09 bits per heavy atom. The van der Waals surface area contributed by atoms with Crippen molar-refractivity contribution in [3.8, 4) is 33.4 Å². The molecule has 230 valence electrons. The number of nitrogens with zero attached hydrogens (tertiary/aromatic N) is 1. The van der Waals surface area contributed by atoms with Crippen molar-refractivity contribution >= 4 is 17.1 Å². The fraction of sp³-hybridized carbons (Fsp3) is 0.217. The molecule has 6 aromatic carbocycles. The maximum atomic E-state index is 2.49. The standard InChI is InChI=1S/C46H41N/c1-32-29-33-27-28-46(38(30-32)31-33)42-16-9-8-15-41(42)45-43(46)17-10-18-44(45)47(39-13-6-3-7-14-39)40-25-23-37(24-26-40)36-21-19-35(20-22-36)34-11-4-2-5-12-34/h2-26,32-33,38H,27-31H2,1H3. The highest BCUT2D eigenvalue weighted by atomic mass is 15.1. The summed E-state index contributed by atoms with van der Waals surface area (Å²) in [5, 5.41) is 0. The molecular weight excluding hydrogens is 567 g/mol. The van der Waals surface area contributed by atoms with Crippen LogP contribution < -0.4 is 4.90 Å². The van der Waals surface area contributed by atoms with Crippen molar-refractivity contribution in [3.05, 3.63) is 163 Å². The van der Waals surface area contributed by atoms with Gasteiger partial charge in [-0.3, -0.25) is 0 Å². The molecule has 0 saturated heterocycles. The van der Waals surface area contributed by atoms with Crippen LogP contribution in [0.25, 0.3) is 33.4 Å². The topological polar surface area (TPSA) is 3.24 Å². The molecule has 3 aliphatic rings. The number of benzene rings is 6. The zero-order chi connectivity index (χ0) is 31.4. The number of fused-ring (bicyclic) bond motifs is 8. The molecule has 0 radical (unpaired) electrons. The molecule has 4 unspecified atom stereocenters. The van der Waals surface area contributed by atoms with Gasteiger partial charge in [-0.1, -0.05) is 128 Å². The quantitative estimate of drug-likeness (QED) is 0.188. The summed E-state index contributed by atoms with van der Waals surface area (Å²) < 4.78 is 0. The summed E-state index contributed by atoms with van der Waals surface area (Å²) in [6.07, 6.45) is 6.74. The summed E-state index contributed by atoms with van der Waals surface area (Å²) in [5.41, 5.74) is 14.7. The highest BCUT2D eigenvalue weighted by molar-refractivity contribution is 5.95. The van der Waals surface area contributed by atoms with Gasteiger partial charge in [-0.15, -0.1) is 0 Å². The molecule has 1 spiro atoms. The summed E-state index contributed by atoms with van der Waals surface area (Å²) in [7, 11) is 0. The van der Waals surface area contributed by atoms with Gasteiger partial charge < -0.3 is 4.90 Å². The number of anilines is 3. The predicted octanol–water partition coefficient (Wildman–Crippen LogP) is 12.6. The molecule has 2 saturated carbocycles. The van der Waals surface area contributed by atoms with Crippen LogP contribution in [0.2, 0.25) is 0 Å². The number of hydrogen-bond donors (Lipinski definition) is 0. The van der Waals surface area contributed by atoms with Crippen LogP contribution in [-0.4, -0.2) is 0 Å². The van der Waals surface area contributed by atoms with Gasteiger partial charge >= 0.3 is 0 Å². The van der Waals surface area contributed by atoms with Crippen LogP contribution in [-0.2, 0) is 5.41 Å². The van der Waals surface area contributed by atoms with E-state index in [9.17, 15) is 0 Å². The van der Waals surface area contributed by atoms with Crippen molar-refractivity contribution in [1.82, 2.24) is 0 Å². The van der Waals surface area contributed by atoms with E-state index < -0.39 is 0 Å². The molecule has 4 atom stereocenters. The molecule has 0 aliphatic heterocycles. The van der Waals surface area contributed by atoms with Gasteiger partial charge in [-0.2, -0.15) is 0 Å². The van der Waals surface area contributed by atoms with Crippen LogP contribution in [0, 0.1) is 17.8 Å². The van der Waals surface area contributed by atoms with Crippen LogP contribution >= 0.6 is 0 Å². The van der Waals surface area contributed by atoms with Gasteiger partial charge in [0.15, 0.2) is 0 Å². The Hall–Kier alpha value is -4.88. The predicted molar refractivity (Wildman–Crippen MR) is 197 cm³/mol. The SMILES string of the molecule is CC1CC2CCC3(c4ccccc4-c4c(N(c5ccccc5)c5ccc(-c6ccc(-c7ccccc7)cc6)cc5)cccc43)C(C1)C2. The molecule has 0 N–H and O–H groups in total. The van der Waals surface area contributed by atoms with Gasteiger partial charge in [0.2, 0.25) is 0 Å². The highest BCUT2D eigenvalue weighted by Crippen LogP contribution is 2.64. The zero-order valence-electron chi connectivity index (χ0n) is 27.1. The van der Waals surface area contributed by atoms with E-state index in [2.05, 4.69) is 163 Å². The molecular formula is C46H41N. The molecule has 3 aliphatic carbocycles. The van der Waals surface area contributed by atoms with Gasteiger partial charge in [0.25, 0.3) is 0 Å². The average molecular weight is 608 g/mol. The Kier molecular flexibility index (Phi) is 6.89. The third kappa shape index (κ3) is 4.67. The third-order valence-corrected chi connectivity index (χ3v) is 11.6. The van der Waals surface area contributed by atoms with Crippen molar-refractivity contribution in [1.29, 1.82) is 0 Å². The Morgan fingerprint density at radius 3 is 1.81 bits per heavy atom. The lowest BCUT2D eigenvalue weighted by molar-refractivity contribution is 0.0856. The molecule has 6 aromatic rings. The van der Waals surface area contributed by atoms with E-state index in [1.165, 1.54) is 82.5 Å². The lowest BCUT2D eigenvalue weighted by atomic mass is 9.53.